The fourth-order valence-corrected chi connectivity index (χ4v) is 2.08. The Balaban J connectivity index is 1.90. The van der Waals surface area contributed by atoms with Crippen LogP contribution in [0.1, 0.15) is 11.1 Å². The number of hydrogen-bond acceptors (Lipinski definition) is 2. The molecule has 0 atom stereocenters. The number of fused-ring (bicyclic) bond motifs is 1. The maximum Gasteiger partial charge on any atom is 0.123 e. The number of aromatic nitrogens is 2. The first-order chi connectivity index (χ1) is 9.24. The Morgan fingerprint density at radius 2 is 1.79 bits per heavy atom. The van der Waals surface area contributed by atoms with Crippen molar-refractivity contribution < 1.29 is 9.50 Å². The van der Waals surface area contributed by atoms with E-state index in [1.165, 1.54) is 12.1 Å². The maximum atomic E-state index is 12.8. The molecule has 0 aliphatic carbocycles. The molecule has 0 aliphatic heterocycles. The van der Waals surface area contributed by atoms with Crippen LogP contribution in [0.5, 0.6) is 0 Å². The summed E-state index contributed by atoms with van der Waals surface area (Å²) >= 11 is 0. The lowest BCUT2D eigenvalue weighted by molar-refractivity contribution is 0.282. The highest BCUT2D eigenvalue weighted by atomic mass is 19.1. The van der Waals surface area contributed by atoms with Crippen molar-refractivity contribution in [1.82, 2.24) is 9.78 Å². The number of hydrogen-bond donors (Lipinski definition) is 1. The minimum absolute atomic E-state index is 0.0269. The van der Waals surface area contributed by atoms with E-state index >= 15 is 0 Å². The van der Waals surface area contributed by atoms with Gasteiger partial charge in [-0.25, -0.2) is 4.39 Å². The van der Waals surface area contributed by atoms with Crippen LogP contribution in [-0.4, -0.2) is 14.9 Å². The molecule has 0 aliphatic rings. The summed E-state index contributed by atoms with van der Waals surface area (Å²) in [6.45, 7) is 0.627. The molecular formula is C15H13FN2O. The van der Waals surface area contributed by atoms with E-state index in [2.05, 4.69) is 5.10 Å². The molecule has 19 heavy (non-hydrogen) atoms. The molecule has 1 aromatic heterocycles. The summed E-state index contributed by atoms with van der Waals surface area (Å²) in [4.78, 5) is 0. The number of aliphatic hydroxyl groups excluding tert-OH is 1. The zero-order valence-corrected chi connectivity index (χ0v) is 10.3. The van der Waals surface area contributed by atoms with Crippen LogP contribution in [-0.2, 0) is 13.2 Å². The van der Waals surface area contributed by atoms with Crippen molar-refractivity contribution in [3.05, 3.63) is 65.6 Å². The van der Waals surface area contributed by atoms with Gasteiger partial charge in [0.1, 0.15) is 5.82 Å². The summed E-state index contributed by atoms with van der Waals surface area (Å²) < 4.78 is 14.6. The molecule has 0 fully saturated rings. The van der Waals surface area contributed by atoms with Gasteiger partial charge in [0, 0.05) is 11.6 Å². The Hall–Kier alpha value is -2.20. The maximum absolute atomic E-state index is 12.8. The normalized spacial score (nSPS) is 11.1. The van der Waals surface area contributed by atoms with Gasteiger partial charge in [-0.1, -0.05) is 18.2 Å². The second kappa shape index (κ2) is 4.82. The van der Waals surface area contributed by atoms with Crippen molar-refractivity contribution in [2.45, 2.75) is 13.2 Å². The quantitative estimate of drug-likeness (QED) is 0.782. The van der Waals surface area contributed by atoms with Gasteiger partial charge in [-0.05, 0) is 35.4 Å². The Kier molecular flexibility index (Phi) is 3.01. The van der Waals surface area contributed by atoms with Gasteiger partial charge in [0.15, 0.2) is 0 Å². The Bertz CT molecular complexity index is 704. The smallest absolute Gasteiger partial charge is 0.123 e. The third-order valence-corrected chi connectivity index (χ3v) is 3.06. The van der Waals surface area contributed by atoms with E-state index in [-0.39, 0.29) is 12.4 Å². The van der Waals surface area contributed by atoms with E-state index in [1.807, 2.05) is 29.1 Å². The Morgan fingerprint density at radius 3 is 2.53 bits per heavy atom. The fraction of sp³-hybridized carbons (Fsp3) is 0.133. The first kappa shape index (κ1) is 11.9. The van der Waals surface area contributed by atoms with Crippen LogP contribution in [0.3, 0.4) is 0 Å². The summed E-state index contributed by atoms with van der Waals surface area (Å²) in [5, 5.41) is 14.5. The van der Waals surface area contributed by atoms with Crippen LogP contribution in [0.25, 0.3) is 10.9 Å². The lowest BCUT2D eigenvalue weighted by Crippen LogP contribution is -1.99. The van der Waals surface area contributed by atoms with Crippen LogP contribution in [0.15, 0.2) is 48.7 Å². The standard InChI is InChI=1S/C15H13FN2O/c16-14-4-1-11(2-5-14)8-18-9-13-7-12(10-19)3-6-15(13)17-18/h1-7,9,19H,8,10H2. The van der Waals surface area contributed by atoms with Crippen molar-refractivity contribution in [2.24, 2.45) is 0 Å². The lowest BCUT2D eigenvalue weighted by atomic mass is 10.2. The van der Waals surface area contributed by atoms with E-state index < -0.39 is 0 Å². The van der Waals surface area contributed by atoms with Gasteiger partial charge in [0.25, 0.3) is 0 Å². The second-order valence-corrected chi connectivity index (χ2v) is 4.50. The second-order valence-electron chi connectivity index (χ2n) is 4.50. The number of benzene rings is 2. The van der Waals surface area contributed by atoms with E-state index in [4.69, 9.17) is 5.11 Å². The summed E-state index contributed by atoms with van der Waals surface area (Å²) in [7, 11) is 0. The first-order valence-corrected chi connectivity index (χ1v) is 6.06. The average Bonchev–Trinajstić information content (AvgIpc) is 2.82. The minimum atomic E-state index is -0.234. The molecule has 0 saturated heterocycles. The van der Waals surface area contributed by atoms with Gasteiger partial charge in [-0.3, -0.25) is 4.68 Å². The summed E-state index contributed by atoms with van der Waals surface area (Å²) in [6.07, 6.45) is 1.93. The van der Waals surface area contributed by atoms with Gasteiger partial charge < -0.3 is 5.11 Å². The Morgan fingerprint density at radius 1 is 1.05 bits per heavy atom. The minimum Gasteiger partial charge on any atom is -0.392 e. The van der Waals surface area contributed by atoms with E-state index in [0.717, 1.165) is 22.0 Å². The zero-order chi connectivity index (χ0) is 13.2. The molecule has 96 valence electrons. The van der Waals surface area contributed by atoms with Crippen molar-refractivity contribution >= 4 is 10.9 Å². The molecule has 2 aromatic carbocycles. The molecule has 1 heterocycles. The molecule has 3 rings (SSSR count). The topological polar surface area (TPSA) is 38.1 Å². The molecule has 1 N–H and O–H groups in total. The summed E-state index contributed by atoms with van der Waals surface area (Å²) in [5.41, 5.74) is 2.75. The summed E-state index contributed by atoms with van der Waals surface area (Å²) in [5.74, 6) is -0.234. The molecule has 0 saturated carbocycles. The van der Waals surface area contributed by atoms with Crippen LogP contribution >= 0.6 is 0 Å². The molecule has 4 heteroatoms. The van der Waals surface area contributed by atoms with Crippen molar-refractivity contribution in [3.63, 3.8) is 0 Å². The van der Waals surface area contributed by atoms with E-state index in [9.17, 15) is 4.39 Å². The molecule has 0 bridgehead atoms. The molecule has 3 nitrogen and oxygen atoms in total. The van der Waals surface area contributed by atoms with E-state index in [1.54, 1.807) is 12.1 Å². The first-order valence-electron chi connectivity index (χ1n) is 6.06. The van der Waals surface area contributed by atoms with Crippen molar-refractivity contribution in [3.8, 4) is 0 Å². The van der Waals surface area contributed by atoms with Crippen LogP contribution < -0.4 is 0 Å². The van der Waals surface area contributed by atoms with Gasteiger partial charge in [0.05, 0.1) is 18.7 Å². The molecule has 0 amide bonds. The number of nitrogens with zero attached hydrogens (tertiary/aromatic N) is 2. The van der Waals surface area contributed by atoms with Crippen LogP contribution in [0, 0.1) is 5.82 Å². The highest BCUT2D eigenvalue weighted by molar-refractivity contribution is 5.78. The van der Waals surface area contributed by atoms with Crippen molar-refractivity contribution in [2.75, 3.05) is 0 Å². The highest BCUT2D eigenvalue weighted by Gasteiger charge is 2.03. The average molecular weight is 256 g/mol. The van der Waals surface area contributed by atoms with Gasteiger partial charge in [-0.15, -0.1) is 0 Å². The summed E-state index contributed by atoms with van der Waals surface area (Å²) in [6, 6.07) is 12.1. The van der Waals surface area contributed by atoms with Gasteiger partial charge in [-0.2, -0.15) is 5.10 Å². The van der Waals surface area contributed by atoms with Gasteiger partial charge in [0.2, 0.25) is 0 Å². The van der Waals surface area contributed by atoms with Crippen LogP contribution in [0.4, 0.5) is 4.39 Å². The van der Waals surface area contributed by atoms with Crippen molar-refractivity contribution in [1.29, 1.82) is 0 Å². The SMILES string of the molecule is OCc1ccc2nn(Cc3ccc(F)cc3)cc2c1. The molecule has 0 spiro atoms. The highest BCUT2D eigenvalue weighted by Crippen LogP contribution is 2.15. The molecular weight excluding hydrogens is 243 g/mol. The van der Waals surface area contributed by atoms with E-state index in [0.29, 0.717) is 6.54 Å². The third kappa shape index (κ3) is 2.48. The van der Waals surface area contributed by atoms with Crippen LogP contribution in [0.2, 0.25) is 0 Å². The molecule has 0 radical (unpaired) electrons. The largest absolute Gasteiger partial charge is 0.392 e. The predicted molar refractivity (Wildman–Crippen MR) is 71.2 cm³/mol. The third-order valence-electron chi connectivity index (χ3n) is 3.06. The Labute approximate surface area is 109 Å². The lowest BCUT2D eigenvalue weighted by Gasteiger charge is -2.00. The monoisotopic (exact) mass is 256 g/mol. The zero-order valence-electron chi connectivity index (χ0n) is 10.3. The number of aliphatic hydroxyl groups is 1. The predicted octanol–water partition coefficient (Wildman–Crippen LogP) is 2.72. The molecule has 3 aromatic rings. The fourth-order valence-electron chi connectivity index (χ4n) is 2.08. The number of rotatable bonds is 3. The molecule has 0 unspecified atom stereocenters. The number of halogens is 1. The van der Waals surface area contributed by atoms with Gasteiger partial charge >= 0.3 is 0 Å².